The molecule has 0 aliphatic heterocycles. The summed E-state index contributed by atoms with van der Waals surface area (Å²) in [6.07, 6.45) is 1.27. The lowest BCUT2D eigenvalue weighted by molar-refractivity contribution is -0.112. The fraction of sp³-hybridized carbons (Fsp3) is 0. The molecule has 6 nitrogen and oxygen atoms in total. The SMILES string of the molecule is N#C/C(=C/Nc1ccc(N)c(Cl)c1)C(=O)Nc1ccc(N)cc1Cl. The molecule has 24 heavy (non-hydrogen) atoms. The molecule has 0 radical (unpaired) electrons. The van der Waals surface area contributed by atoms with E-state index in [1.807, 2.05) is 6.07 Å². The van der Waals surface area contributed by atoms with Crippen molar-refractivity contribution in [2.75, 3.05) is 22.1 Å². The van der Waals surface area contributed by atoms with E-state index in [0.29, 0.717) is 27.8 Å². The highest BCUT2D eigenvalue weighted by molar-refractivity contribution is 6.34. The number of nitrogen functional groups attached to an aromatic ring is 2. The van der Waals surface area contributed by atoms with E-state index >= 15 is 0 Å². The number of amides is 1. The van der Waals surface area contributed by atoms with Gasteiger partial charge in [-0.2, -0.15) is 5.26 Å². The third kappa shape index (κ3) is 4.32. The van der Waals surface area contributed by atoms with Crippen molar-refractivity contribution in [1.29, 1.82) is 5.26 Å². The van der Waals surface area contributed by atoms with Crippen LogP contribution < -0.4 is 22.1 Å². The summed E-state index contributed by atoms with van der Waals surface area (Å²) in [6, 6.07) is 11.3. The van der Waals surface area contributed by atoms with Crippen LogP contribution in [-0.4, -0.2) is 5.91 Å². The predicted octanol–water partition coefficient (Wildman–Crippen LogP) is 3.62. The first-order chi connectivity index (χ1) is 11.4. The first-order valence-corrected chi connectivity index (χ1v) is 7.44. The fourth-order valence-corrected chi connectivity index (χ4v) is 2.16. The molecule has 2 aromatic rings. The van der Waals surface area contributed by atoms with Gasteiger partial charge in [0.15, 0.2) is 0 Å². The van der Waals surface area contributed by atoms with Crippen molar-refractivity contribution in [2.45, 2.75) is 0 Å². The summed E-state index contributed by atoms with van der Waals surface area (Å²) in [4.78, 5) is 12.1. The number of benzene rings is 2. The van der Waals surface area contributed by atoms with Crippen molar-refractivity contribution < 1.29 is 4.79 Å². The van der Waals surface area contributed by atoms with Gasteiger partial charge in [0.1, 0.15) is 11.6 Å². The molecule has 0 aliphatic rings. The number of nitrogens with one attached hydrogen (secondary N) is 2. The molecular formula is C16H13Cl2N5O. The van der Waals surface area contributed by atoms with Crippen LogP contribution in [0.4, 0.5) is 22.7 Å². The van der Waals surface area contributed by atoms with E-state index in [0.717, 1.165) is 0 Å². The van der Waals surface area contributed by atoms with Gasteiger partial charge in [-0.05, 0) is 36.4 Å². The number of nitriles is 1. The van der Waals surface area contributed by atoms with Crippen LogP contribution in [0.5, 0.6) is 0 Å². The molecule has 0 heterocycles. The Morgan fingerprint density at radius 3 is 2.50 bits per heavy atom. The molecule has 1 amide bonds. The maximum absolute atomic E-state index is 12.1. The standard InChI is InChI=1S/C16H13Cl2N5O/c17-12-6-11(2-3-14(12)21)22-8-9(7-19)16(24)23-15-4-1-10(20)5-13(15)18/h1-6,8,22H,20-21H2,(H,23,24)/b9-8-. The minimum atomic E-state index is -0.613. The summed E-state index contributed by atoms with van der Waals surface area (Å²) in [5.74, 6) is -0.613. The summed E-state index contributed by atoms with van der Waals surface area (Å²) in [5.41, 5.74) is 12.9. The minimum absolute atomic E-state index is 0.143. The van der Waals surface area contributed by atoms with Crippen LogP contribution in [0.3, 0.4) is 0 Å². The summed E-state index contributed by atoms with van der Waals surface area (Å²) < 4.78 is 0. The number of nitrogens with two attached hydrogens (primary N) is 2. The van der Waals surface area contributed by atoms with Gasteiger partial charge in [0.25, 0.3) is 5.91 Å². The Labute approximate surface area is 148 Å². The summed E-state index contributed by atoms with van der Waals surface area (Å²) in [5, 5.41) is 15.1. The fourth-order valence-electron chi connectivity index (χ4n) is 1.74. The molecule has 122 valence electrons. The van der Waals surface area contributed by atoms with E-state index in [4.69, 9.17) is 39.9 Å². The molecule has 2 rings (SSSR count). The zero-order valence-corrected chi connectivity index (χ0v) is 13.8. The number of hydrogen-bond donors (Lipinski definition) is 4. The number of nitrogens with zero attached hydrogens (tertiary/aromatic N) is 1. The van der Waals surface area contributed by atoms with Gasteiger partial charge >= 0.3 is 0 Å². The van der Waals surface area contributed by atoms with Gasteiger partial charge in [0.05, 0.1) is 21.4 Å². The van der Waals surface area contributed by atoms with Gasteiger partial charge in [-0.3, -0.25) is 4.79 Å². The lowest BCUT2D eigenvalue weighted by Gasteiger charge is -2.08. The van der Waals surface area contributed by atoms with Crippen LogP contribution in [-0.2, 0) is 4.79 Å². The van der Waals surface area contributed by atoms with E-state index in [1.165, 1.54) is 12.3 Å². The van der Waals surface area contributed by atoms with Gasteiger partial charge in [0, 0.05) is 17.6 Å². The second-order valence-electron chi connectivity index (χ2n) is 4.74. The lowest BCUT2D eigenvalue weighted by Crippen LogP contribution is -2.15. The number of rotatable bonds is 4. The molecule has 2 aromatic carbocycles. The Balaban J connectivity index is 2.13. The average Bonchev–Trinajstić information content (AvgIpc) is 2.54. The monoisotopic (exact) mass is 361 g/mol. The normalized spacial score (nSPS) is 10.8. The van der Waals surface area contributed by atoms with Crippen molar-refractivity contribution >= 4 is 51.9 Å². The maximum atomic E-state index is 12.1. The number of halogens is 2. The summed E-state index contributed by atoms with van der Waals surface area (Å²) in [6.45, 7) is 0. The van der Waals surface area contributed by atoms with E-state index in [9.17, 15) is 4.79 Å². The van der Waals surface area contributed by atoms with Gasteiger partial charge in [-0.15, -0.1) is 0 Å². The molecule has 0 aliphatic carbocycles. The second kappa shape index (κ2) is 7.59. The molecule has 0 unspecified atom stereocenters. The van der Waals surface area contributed by atoms with Crippen LogP contribution >= 0.6 is 23.2 Å². The van der Waals surface area contributed by atoms with Gasteiger partial charge < -0.3 is 22.1 Å². The van der Waals surface area contributed by atoms with Crippen molar-refractivity contribution in [3.63, 3.8) is 0 Å². The molecule has 0 aromatic heterocycles. The Kier molecular flexibility index (Phi) is 5.53. The number of carbonyl (C=O) groups excluding carboxylic acids is 1. The summed E-state index contributed by atoms with van der Waals surface area (Å²) in [7, 11) is 0. The summed E-state index contributed by atoms with van der Waals surface area (Å²) >= 11 is 11.9. The first kappa shape index (κ1) is 17.5. The Morgan fingerprint density at radius 1 is 1.12 bits per heavy atom. The minimum Gasteiger partial charge on any atom is -0.399 e. The molecule has 0 saturated heterocycles. The molecular weight excluding hydrogens is 349 g/mol. The molecule has 8 heteroatoms. The largest absolute Gasteiger partial charge is 0.399 e. The second-order valence-corrected chi connectivity index (χ2v) is 5.56. The molecule has 0 saturated carbocycles. The highest BCUT2D eigenvalue weighted by atomic mass is 35.5. The quantitative estimate of drug-likeness (QED) is 0.377. The average molecular weight is 362 g/mol. The van der Waals surface area contributed by atoms with Crippen molar-refractivity contribution in [3.8, 4) is 6.07 Å². The van der Waals surface area contributed by atoms with Crippen LogP contribution in [0.25, 0.3) is 0 Å². The van der Waals surface area contributed by atoms with Crippen LogP contribution in [0.15, 0.2) is 48.2 Å². The van der Waals surface area contributed by atoms with Gasteiger partial charge in [-0.25, -0.2) is 0 Å². The van der Waals surface area contributed by atoms with Gasteiger partial charge in [-0.1, -0.05) is 23.2 Å². The topological polar surface area (TPSA) is 117 Å². The predicted molar refractivity (Wildman–Crippen MR) is 97.7 cm³/mol. The third-order valence-electron chi connectivity index (χ3n) is 2.99. The first-order valence-electron chi connectivity index (χ1n) is 6.69. The zero-order valence-electron chi connectivity index (χ0n) is 12.3. The van der Waals surface area contributed by atoms with E-state index in [-0.39, 0.29) is 10.6 Å². The number of carbonyl (C=O) groups is 1. The Morgan fingerprint density at radius 2 is 1.88 bits per heavy atom. The van der Waals surface area contributed by atoms with Crippen molar-refractivity contribution in [1.82, 2.24) is 0 Å². The molecule has 0 spiro atoms. The van der Waals surface area contributed by atoms with Crippen molar-refractivity contribution in [2.24, 2.45) is 0 Å². The maximum Gasteiger partial charge on any atom is 0.267 e. The van der Waals surface area contributed by atoms with Gasteiger partial charge in [0.2, 0.25) is 0 Å². The molecule has 0 fully saturated rings. The molecule has 0 atom stereocenters. The number of hydrogen-bond acceptors (Lipinski definition) is 5. The van der Waals surface area contributed by atoms with E-state index in [1.54, 1.807) is 30.3 Å². The molecule has 6 N–H and O–H groups in total. The van der Waals surface area contributed by atoms with Crippen LogP contribution in [0.1, 0.15) is 0 Å². The van der Waals surface area contributed by atoms with Crippen molar-refractivity contribution in [3.05, 3.63) is 58.2 Å². The van der Waals surface area contributed by atoms with E-state index < -0.39 is 5.91 Å². The van der Waals surface area contributed by atoms with Crippen LogP contribution in [0.2, 0.25) is 10.0 Å². The lowest BCUT2D eigenvalue weighted by atomic mass is 10.2. The zero-order chi connectivity index (χ0) is 17.7. The highest BCUT2D eigenvalue weighted by Crippen LogP contribution is 2.25. The van der Waals surface area contributed by atoms with E-state index in [2.05, 4.69) is 10.6 Å². The smallest absolute Gasteiger partial charge is 0.267 e. The molecule has 0 bridgehead atoms. The Bertz CT molecular complexity index is 858. The number of anilines is 4. The third-order valence-corrected chi connectivity index (χ3v) is 3.63. The Hall–Kier alpha value is -2.88. The highest BCUT2D eigenvalue weighted by Gasteiger charge is 2.11. The van der Waals surface area contributed by atoms with Crippen LogP contribution in [0, 0.1) is 11.3 Å².